The first-order valence-electron chi connectivity index (χ1n) is 7.93. The molecule has 5 nitrogen and oxygen atoms in total. The first-order chi connectivity index (χ1) is 11.6. The molecule has 0 saturated heterocycles. The lowest BCUT2D eigenvalue weighted by Gasteiger charge is -2.25. The minimum atomic E-state index is -0.383. The zero-order chi connectivity index (χ0) is 17.4. The SMILES string of the molecule is COC(=O)C(C)CN(CCc1ccccc1)C(=O)c1cccnc1. The number of carbonyl (C=O) groups is 2. The van der Waals surface area contributed by atoms with E-state index in [2.05, 4.69) is 4.98 Å². The van der Waals surface area contributed by atoms with Crippen molar-refractivity contribution in [3.05, 3.63) is 66.0 Å². The van der Waals surface area contributed by atoms with Gasteiger partial charge in [-0.1, -0.05) is 37.3 Å². The van der Waals surface area contributed by atoms with Crippen LogP contribution in [-0.2, 0) is 16.0 Å². The van der Waals surface area contributed by atoms with E-state index >= 15 is 0 Å². The number of hydrogen-bond donors (Lipinski definition) is 0. The van der Waals surface area contributed by atoms with Crippen molar-refractivity contribution in [2.75, 3.05) is 20.2 Å². The molecule has 0 bridgehead atoms. The maximum Gasteiger partial charge on any atom is 0.310 e. The fourth-order valence-electron chi connectivity index (χ4n) is 2.46. The molecule has 1 heterocycles. The smallest absolute Gasteiger partial charge is 0.310 e. The quantitative estimate of drug-likeness (QED) is 0.734. The van der Waals surface area contributed by atoms with Crippen molar-refractivity contribution in [3.8, 4) is 0 Å². The molecular weight excluding hydrogens is 304 g/mol. The Kier molecular flexibility index (Phi) is 6.49. The Morgan fingerprint density at radius 3 is 2.54 bits per heavy atom. The molecule has 1 aromatic heterocycles. The zero-order valence-electron chi connectivity index (χ0n) is 14.0. The number of nitrogens with zero attached hydrogens (tertiary/aromatic N) is 2. The van der Waals surface area contributed by atoms with Crippen LogP contribution in [0.3, 0.4) is 0 Å². The second-order valence-electron chi connectivity index (χ2n) is 5.65. The Bertz CT molecular complexity index is 659. The average molecular weight is 326 g/mol. The van der Waals surface area contributed by atoms with Gasteiger partial charge in [-0.3, -0.25) is 14.6 Å². The van der Waals surface area contributed by atoms with E-state index in [-0.39, 0.29) is 17.8 Å². The molecule has 0 radical (unpaired) electrons. The van der Waals surface area contributed by atoms with Gasteiger partial charge in [0.25, 0.3) is 5.91 Å². The molecule has 1 unspecified atom stereocenters. The minimum Gasteiger partial charge on any atom is -0.469 e. The largest absolute Gasteiger partial charge is 0.469 e. The van der Waals surface area contributed by atoms with E-state index in [0.717, 1.165) is 12.0 Å². The summed E-state index contributed by atoms with van der Waals surface area (Å²) in [6.45, 7) is 2.60. The number of amides is 1. The number of carbonyl (C=O) groups excluding carboxylic acids is 2. The molecule has 0 aliphatic rings. The van der Waals surface area contributed by atoms with Gasteiger partial charge in [0.05, 0.1) is 18.6 Å². The van der Waals surface area contributed by atoms with E-state index < -0.39 is 0 Å². The van der Waals surface area contributed by atoms with E-state index in [9.17, 15) is 9.59 Å². The summed E-state index contributed by atoms with van der Waals surface area (Å²) in [5.74, 6) is -0.833. The Morgan fingerprint density at radius 1 is 1.17 bits per heavy atom. The number of benzene rings is 1. The van der Waals surface area contributed by atoms with Gasteiger partial charge in [-0.25, -0.2) is 0 Å². The highest BCUT2D eigenvalue weighted by Crippen LogP contribution is 2.10. The van der Waals surface area contributed by atoms with Crippen LogP contribution < -0.4 is 0 Å². The fourth-order valence-corrected chi connectivity index (χ4v) is 2.46. The van der Waals surface area contributed by atoms with E-state index in [1.807, 2.05) is 30.3 Å². The molecule has 1 amide bonds. The maximum atomic E-state index is 12.7. The summed E-state index contributed by atoms with van der Waals surface area (Å²) >= 11 is 0. The molecule has 0 fully saturated rings. The molecule has 1 atom stereocenters. The Hall–Kier alpha value is -2.69. The van der Waals surface area contributed by atoms with Crippen LogP contribution in [-0.4, -0.2) is 42.0 Å². The van der Waals surface area contributed by atoms with Crippen molar-refractivity contribution >= 4 is 11.9 Å². The number of hydrogen-bond acceptors (Lipinski definition) is 4. The lowest BCUT2D eigenvalue weighted by Crippen LogP contribution is -2.38. The summed E-state index contributed by atoms with van der Waals surface area (Å²) in [4.78, 5) is 30.1. The first-order valence-corrected chi connectivity index (χ1v) is 7.93. The molecule has 1 aromatic carbocycles. The van der Waals surface area contributed by atoms with E-state index in [1.165, 1.54) is 7.11 Å². The number of pyridine rings is 1. The summed E-state index contributed by atoms with van der Waals surface area (Å²) in [5.41, 5.74) is 1.66. The lowest BCUT2D eigenvalue weighted by molar-refractivity contribution is -0.145. The monoisotopic (exact) mass is 326 g/mol. The van der Waals surface area contributed by atoms with E-state index in [4.69, 9.17) is 4.74 Å². The molecule has 2 rings (SSSR count). The molecule has 2 aromatic rings. The van der Waals surface area contributed by atoms with Crippen molar-refractivity contribution in [1.82, 2.24) is 9.88 Å². The predicted octanol–water partition coefficient (Wildman–Crippen LogP) is 2.58. The Morgan fingerprint density at radius 2 is 1.92 bits per heavy atom. The van der Waals surface area contributed by atoms with Gasteiger partial charge >= 0.3 is 5.97 Å². The van der Waals surface area contributed by atoms with Gasteiger partial charge in [0.15, 0.2) is 0 Å². The van der Waals surface area contributed by atoms with E-state index in [0.29, 0.717) is 18.7 Å². The summed E-state index contributed by atoms with van der Waals surface area (Å²) in [6.07, 6.45) is 3.89. The highest BCUT2D eigenvalue weighted by atomic mass is 16.5. The van der Waals surface area contributed by atoms with Gasteiger partial charge < -0.3 is 9.64 Å². The van der Waals surface area contributed by atoms with Crippen molar-refractivity contribution in [2.45, 2.75) is 13.3 Å². The standard InChI is InChI=1S/C19H22N2O3/c1-15(19(23)24-2)14-21(12-10-16-7-4-3-5-8-16)18(22)17-9-6-11-20-13-17/h3-9,11,13,15H,10,12,14H2,1-2H3. The van der Waals surface area contributed by atoms with Gasteiger partial charge in [0, 0.05) is 25.5 Å². The molecule has 24 heavy (non-hydrogen) atoms. The van der Waals surface area contributed by atoms with Crippen LogP contribution in [0.5, 0.6) is 0 Å². The van der Waals surface area contributed by atoms with Crippen molar-refractivity contribution < 1.29 is 14.3 Å². The van der Waals surface area contributed by atoms with Crippen molar-refractivity contribution in [3.63, 3.8) is 0 Å². The van der Waals surface area contributed by atoms with Crippen LogP contribution in [0, 0.1) is 5.92 Å². The average Bonchev–Trinajstić information content (AvgIpc) is 2.65. The number of ether oxygens (including phenoxy) is 1. The molecule has 5 heteroatoms. The summed E-state index contributed by atoms with van der Waals surface area (Å²) in [6, 6.07) is 13.4. The highest BCUT2D eigenvalue weighted by Gasteiger charge is 2.22. The van der Waals surface area contributed by atoms with E-state index in [1.54, 1.807) is 36.4 Å². The number of rotatable bonds is 7. The van der Waals surface area contributed by atoms with Gasteiger partial charge in [-0.2, -0.15) is 0 Å². The maximum absolute atomic E-state index is 12.7. The van der Waals surface area contributed by atoms with Crippen LogP contribution in [0.2, 0.25) is 0 Å². The number of esters is 1. The minimum absolute atomic E-state index is 0.130. The second kappa shape index (κ2) is 8.82. The molecule has 0 aliphatic heterocycles. The first kappa shape index (κ1) is 17.7. The molecule has 0 spiro atoms. The predicted molar refractivity (Wildman–Crippen MR) is 91.5 cm³/mol. The fraction of sp³-hybridized carbons (Fsp3) is 0.316. The topological polar surface area (TPSA) is 59.5 Å². The van der Waals surface area contributed by atoms with Crippen LogP contribution in [0.15, 0.2) is 54.9 Å². The number of methoxy groups -OCH3 is 1. The van der Waals surface area contributed by atoms with Gasteiger partial charge in [0.2, 0.25) is 0 Å². The molecule has 0 aliphatic carbocycles. The Balaban J connectivity index is 2.11. The molecular formula is C19H22N2O3. The van der Waals surface area contributed by atoms with Crippen LogP contribution >= 0.6 is 0 Å². The van der Waals surface area contributed by atoms with Crippen LogP contribution in [0.4, 0.5) is 0 Å². The Labute approximate surface area is 142 Å². The van der Waals surface area contributed by atoms with Gasteiger partial charge in [0.1, 0.15) is 0 Å². The second-order valence-corrected chi connectivity index (χ2v) is 5.65. The summed E-state index contributed by atoms with van der Waals surface area (Å²) in [5, 5.41) is 0. The molecule has 126 valence electrons. The third-order valence-corrected chi connectivity index (χ3v) is 3.81. The lowest BCUT2D eigenvalue weighted by atomic mass is 10.1. The van der Waals surface area contributed by atoms with Crippen molar-refractivity contribution in [1.29, 1.82) is 0 Å². The van der Waals surface area contributed by atoms with Gasteiger partial charge in [-0.05, 0) is 24.1 Å². The number of aromatic nitrogens is 1. The van der Waals surface area contributed by atoms with Crippen molar-refractivity contribution in [2.24, 2.45) is 5.92 Å². The zero-order valence-corrected chi connectivity index (χ0v) is 14.0. The molecule has 0 saturated carbocycles. The summed E-state index contributed by atoms with van der Waals surface area (Å²) < 4.78 is 4.77. The highest BCUT2D eigenvalue weighted by molar-refractivity contribution is 5.94. The summed E-state index contributed by atoms with van der Waals surface area (Å²) in [7, 11) is 1.36. The van der Waals surface area contributed by atoms with Crippen LogP contribution in [0.1, 0.15) is 22.8 Å². The van der Waals surface area contributed by atoms with Gasteiger partial charge in [-0.15, -0.1) is 0 Å². The normalized spacial score (nSPS) is 11.6. The van der Waals surface area contributed by atoms with Crippen LogP contribution in [0.25, 0.3) is 0 Å². The third-order valence-electron chi connectivity index (χ3n) is 3.81. The molecule has 0 N–H and O–H groups in total. The third kappa shape index (κ3) is 4.91.